The molecule has 6 nitrogen and oxygen atoms in total. The number of carbonyl (C=O) groups is 2. The van der Waals surface area contributed by atoms with Crippen molar-refractivity contribution in [1.29, 1.82) is 0 Å². The summed E-state index contributed by atoms with van der Waals surface area (Å²) in [4.78, 5) is 29.0. The summed E-state index contributed by atoms with van der Waals surface area (Å²) in [5.41, 5.74) is 1.65. The fourth-order valence-electron chi connectivity index (χ4n) is 2.85. The summed E-state index contributed by atoms with van der Waals surface area (Å²) in [6.07, 6.45) is 0. The van der Waals surface area contributed by atoms with Crippen LogP contribution in [0.25, 0.3) is 17.1 Å². The van der Waals surface area contributed by atoms with E-state index in [0.717, 1.165) is 4.47 Å². The molecule has 0 unspecified atom stereocenters. The summed E-state index contributed by atoms with van der Waals surface area (Å²) in [7, 11) is 0. The maximum absolute atomic E-state index is 13.4. The number of benzene rings is 3. The molecule has 0 bridgehead atoms. The quantitative estimate of drug-likeness (QED) is 0.291. The van der Waals surface area contributed by atoms with Gasteiger partial charge >= 0.3 is 5.97 Å². The van der Waals surface area contributed by atoms with Gasteiger partial charge in [-0.15, -0.1) is 5.10 Å². The van der Waals surface area contributed by atoms with Gasteiger partial charge < -0.3 is 4.74 Å². The number of esters is 1. The molecule has 0 amide bonds. The zero-order valence-electron chi connectivity index (χ0n) is 16.0. The Morgan fingerprint density at radius 3 is 2.29 bits per heavy atom. The molecule has 8 heteroatoms. The standard InChI is InChI=1S/C23H15BrFN3O3/c24-17-8-12-19(13-9-17)28-22(16-6-10-18(25)11-7-16)26-21(27-28)23(30)31-14-20(29)15-4-2-1-3-5-15/h1-13H,14H2. The van der Waals surface area contributed by atoms with Crippen LogP contribution in [0.3, 0.4) is 0 Å². The zero-order valence-corrected chi connectivity index (χ0v) is 17.6. The molecule has 0 aliphatic heterocycles. The van der Waals surface area contributed by atoms with Gasteiger partial charge in [0.05, 0.1) is 5.69 Å². The smallest absolute Gasteiger partial charge is 0.378 e. The first-order valence-electron chi connectivity index (χ1n) is 9.25. The van der Waals surface area contributed by atoms with Crippen LogP contribution in [-0.4, -0.2) is 33.1 Å². The van der Waals surface area contributed by atoms with Crippen molar-refractivity contribution in [3.05, 3.63) is 101 Å². The van der Waals surface area contributed by atoms with Crippen molar-refractivity contribution >= 4 is 27.7 Å². The molecule has 0 saturated heterocycles. The van der Waals surface area contributed by atoms with Gasteiger partial charge in [0.1, 0.15) is 5.82 Å². The molecule has 0 radical (unpaired) electrons. The van der Waals surface area contributed by atoms with E-state index in [0.29, 0.717) is 22.6 Å². The number of aromatic nitrogens is 3. The van der Waals surface area contributed by atoms with Gasteiger partial charge in [-0.3, -0.25) is 4.79 Å². The monoisotopic (exact) mass is 479 g/mol. The Kier molecular flexibility index (Phi) is 5.99. The number of Topliss-reactive ketones (excluding diaryl/α,β-unsaturated/α-hetero) is 1. The largest absolute Gasteiger partial charge is 0.451 e. The van der Waals surface area contributed by atoms with Crippen LogP contribution in [0, 0.1) is 5.82 Å². The number of rotatable bonds is 6. The van der Waals surface area contributed by atoms with Gasteiger partial charge in [0.2, 0.25) is 0 Å². The van der Waals surface area contributed by atoms with Gasteiger partial charge in [-0.25, -0.2) is 18.9 Å². The third-order valence-electron chi connectivity index (χ3n) is 4.39. The molecule has 0 aliphatic rings. The fourth-order valence-corrected chi connectivity index (χ4v) is 3.11. The van der Waals surface area contributed by atoms with Crippen molar-refractivity contribution < 1.29 is 18.7 Å². The van der Waals surface area contributed by atoms with E-state index in [1.54, 1.807) is 54.6 Å². The average Bonchev–Trinajstić information content (AvgIpc) is 3.24. The molecule has 154 valence electrons. The molecule has 0 spiro atoms. The van der Waals surface area contributed by atoms with E-state index in [1.165, 1.54) is 16.8 Å². The average molecular weight is 480 g/mol. The SMILES string of the molecule is O=C(COC(=O)c1nc(-c2ccc(F)cc2)n(-c2ccc(Br)cc2)n1)c1ccccc1. The lowest BCUT2D eigenvalue weighted by Crippen LogP contribution is -2.15. The number of ether oxygens (including phenoxy) is 1. The normalized spacial score (nSPS) is 10.6. The second-order valence-corrected chi connectivity index (χ2v) is 7.44. The number of hydrogen-bond acceptors (Lipinski definition) is 5. The molecule has 4 aromatic rings. The van der Waals surface area contributed by atoms with E-state index in [9.17, 15) is 14.0 Å². The van der Waals surface area contributed by atoms with Gasteiger partial charge in [0.15, 0.2) is 18.2 Å². The summed E-state index contributed by atoms with van der Waals surface area (Å²) in [5, 5.41) is 4.27. The maximum atomic E-state index is 13.4. The predicted octanol–water partition coefficient (Wildman–Crippen LogP) is 4.88. The lowest BCUT2D eigenvalue weighted by Gasteiger charge is -2.06. The first kappa shape index (κ1) is 20.6. The van der Waals surface area contributed by atoms with Crippen molar-refractivity contribution in [2.45, 2.75) is 0 Å². The predicted molar refractivity (Wildman–Crippen MR) is 116 cm³/mol. The first-order valence-corrected chi connectivity index (χ1v) is 10.0. The Balaban J connectivity index is 1.62. The highest BCUT2D eigenvalue weighted by atomic mass is 79.9. The van der Waals surface area contributed by atoms with E-state index in [1.807, 2.05) is 12.1 Å². The molecule has 1 aromatic heterocycles. The van der Waals surface area contributed by atoms with Gasteiger partial charge in [0, 0.05) is 15.6 Å². The number of nitrogens with zero attached hydrogens (tertiary/aromatic N) is 3. The fraction of sp³-hybridized carbons (Fsp3) is 0.0435. The van der Waals surface area contributed by atoms with Gasteiger partial charge in [0.25, 0.3) is 5.82 Å². The summed E-state index contributed by atoms with van der Waals surface area (Å²) < 4.78 is 20.8. The van der Waals surface area contributed by atoms with Crippen LogP contribution in [0.5, 0.6) is 0 Å². The van der Waals surface area contributed by atoms with Crippen molar-refractivity contribution in [2.75, 3.05) is 6.61 Å². The number of carbonyl (C=O) groups excluding carboxylic acids is 2. The van der Waals surface area contributed by atoms with E-state index < -0.39 is 18.4 Å². The summed E-state index contributed by atoms with van der Waals surface area (Å²) in [5.74, 6) is -1.42. The van der Waals surface area contributed by atoms with Crippen molar-refractivity contribution in [1.82, 2.24) is 14.8 Å². The third kappa shape index (κ3) is 4.75. The van der Waals surface area contributed by atoms with Crippen LogP contribution in [0.2, 0.25) is 0 Å². The maximum Gasteiger partial charge on any atom is 0.378 e. The van der Waals surface area contributed by atoms with Gasteiger partial charge in [-0.2, -0.15) is 0 Å². The van der Waals surface area contributed by atoms with E-state index in [2.05, 4.69) is 26.0 Å². The molecule has 31 heavy (non-hydrogen) atoms. The molecule has 1 heterocycles. The van der Waals surface area contributed by atoms with Gasteiger partial charge in [-0.05, 0) is 48.5 Å². The van der Waals surface area contributed by atoms with Crippen LogP contribution >= 0.6 is 15.9 Å². The summed E-state index contributed by atoms with van der Waals surface area (Å²) in [6.45, 7) is -0.429. The second-order valence-electron chi connectivity index (χ2n) is 6.52. The number of ketones is 1. The lowest BCUT2D eigenvalue weighted by atomic mass is 10.1. The molecule has 4 rings (SSSR count). The van der Waals surface area contributed by atoms with Crippen LogP contribution in [0.1, 0.15) is 21.0 Å². The number of hydrogen-bond donors (Lipinski definition) is 0. The van der Waals surface area contributed by atoms with Crippen LogP contribution in [0.4, 0.5) is 4.39 Å². The Morgan fingerprint density at radius 1 is 0.935 bits per heavy atom. The first-order chi connectivity index (χ1) is 15.0. The van der Waals surface area contributed by atoms with Crippen molar-refractivity contribution in [3.8, 4) is 17.1 Å². The second kappa shape index (κ2) is 9.01. The van der Waals surface area contributed by atoms with Crippen LogP contribution in [0.15, 0.2) is 83.3 Å². The van der Waals surface area contributed by atoms with Crippen molar-refractivity contribution in [3.63, 3.8) is 0 Å². The minimum Gasteiger partial charge on any atom is -0.451 e. The molecular weight excluding hydrogens is 465 g/mol. The number of halogens is 2. The highest BCUT2D eigenvalue weighted by molar-refractivity contribution is 9.10. The molecule has 0 fully saturated rings. The molecule has 0 aliphatic carbocycles. The molecule has 0 atom stereocenters. The third-order valence-corrected chi connectivity index (χ3v) is 4.92. The Morgan fingerprint density at radius 2 is 1.61 bits per heavy atom. The Bertz CT molecular complexity index is 1160. The summed E-state index contributed by atoms with van der Waals surface area (Å²) in [6, 6.07) is 21.4. The van der Waals surface area contributed by atoms with E-state index in [-0.39, 0.29) is 11.6 Å². The summed E-state index contributed by atoms with van der Waals surface area (Å²) >= 11 is 3.38. The minimum atomic E-state index is -0.830. The molecule has 0 saturated carbocycles. The highest BCUT2D eigenvalue weighted by Gasteiger charge is 2.21. The Hall–Kier alpha value is -3.65. The van der Waals surface area contributed by atoms with E-state index >= 15 is 0 Å². The lowest BCUT2D eigenvalue weighted by molar-refractivity contribution is 0.0462. The zero-order chi connectivity index (χ0) is 21.8. The molecule has 3 aromatic carbocycles. The molecular formula is C23H15BrFN3O3. The van der Waals surface area contributed by atoms with E-state index in [4.69, 9.17) is 4.74 Å². The van der Waals surface area contributed by atoms with Crippen LogP contribution in [-0.2, 0) is 4.74 Å². The Labute approximate surface area is 185 Å². The van der Waals surface area contributed by atoms with Crippen molar-refractivity contribution in [2.24, 2.45) is 0 Å². The highest BCUT2D eigenvalue weighted by Crippen LogP contribution is 2.23. The minimum absolute atomic E-state index is 0.205. The van der Waals surface area contributed by atoms with Crippen LogP contribution < -0.4 is 0 Å². The van der Waals surface area contributed by atoms with Gasteiger partial charge in [-0.1, -0.05) is 46.3 Å². The molecule has 0 N–H and O–H groups in total. The topological polar surface area (TPSA) is 74.1 Å².